The van der Waals surface area contributed by atoms with Crippen molar-refractivity contribution >= 4 is 25.3 Å². The smallest absolute Gasteiger partial charge is 0.110 e. The summed E-state index contributed by atoms with van der Waals surface area (Å²) in [5.41, 5.74) is 0. The molecule has 0 heterocycles. The highest BCUT2D eigenvalue weighted by molar-refractivity contribution is 7.99. The average Bonchev–Trinajstić information content (AvgIpc) is 2.00. The molecule has 6 heteroatoms. The van der Waals surface area contributed by atoms with Crippen molar-refractivity contribution < 1.29 is 20.4 Å². The molecule has 0 aromatic carbocycles. The molecule has 0 saturated heterocycles. The van der Waals surface area contributed by atoms with Gasteiger partial charge in [0.05, 0.1) is 10.7 Å². The Labute approximate surface area is 82.1 Å². The van der Waals surface area contributed by atoms with E-state index in [2.05, 4.69) is 25.3 Å². The second-order valence-electron chi connectivity index (χ2n) is 2.63. The van der Waals surface area contributed by atoms with Crippen LogP contribution < -0.4 is 0 Å². The zero-order valence-corrected chi connectivity index (χ0v) is 8.36. The van der Waals surface area contributed by atoms with E-state index < -0.39 is 29.0 Å². The zero-order chi connectivity index (χ0) is 9.89. The van der Waals surface area contributed by atoms with E-state index in [1.165, 1.54) is 6.92 Å². The van der Waals surface area contributed by atoms with E-state index in [4.69, 9.17) is 20.4 Å². The van der Waals surface area contributed by atoms with Crippen LogP contribution in [0.4, 0.5) is 0 Å². The maximum atomic E-state index is 9.17. The fourth-order valence-electron chi connectivity index (χ4n) is 0.664. The minimum Gasteiger partial charge on any atom is -0.391 e. The van der Waals surface area contributed by atoms with Crippen molar-refractivity contribution in [1.29, 1.82) is 0 Å². The monoisotopic (exact) mass is 214 g/mol. The topological polar surface area (TPSA) is 80.9 Å². The average molecular weight is 214 g/mol. The molecule has 4 nitrogen and oxygen atoms in total. The van der Waals surface area contributed by atoms with E-state index in [0.29, 0.717) is 0 Å². The van der Waals surface area contributed by atoms with Gasteiger partial charge < -0.3 is 20.4 Å². The summed E-state index contributed by atoms with van der Waals surface area (Å²) in [6, 6.07) is 0. The van der Waals surface area contributed by atoms with Gasteiger partial charge in [0.1, 0.15) is 18.3 Å². The van der Waals surface area contributed by atoms with Gasteiger partial charge in [-0.1, -0.05) is 0 Å². The second-order valence-corrected chi connectivity index (χ2v) is 4.15. The number of hydrogen-bond donors (Lipinski definition) is 6. The second kappa shape index (κ2) is 5.31. The van der Waals surface area contributed by atoms with Crippen molar-refractivity contribution in [3.63, 3.8) is 0 Å². The largest absolute Gasteiger partial charge is 0.391 e. The molecule has 0 rings (SSSR count). The van der Waals surface area contributed by atoms with Gasteiger partial charge in [-0.25, -0.2) is 0 Å². The van der Waals surface area contributed by atoms with Gasteiger partial charge in [0.25, 0.3) is 0 Å². The van der Waals surface area contributed by atoms with E-state index in [9.17, 15) is 0 Å². The fraction of sp³-hybridized carbons (Fsp3) is 1.00. The van der Waals surface area contributed by atoms with Crippen molar-refractivity contribution in [2.24, 2.45) is 0 Å². The summed E-state index contributed by atoms with van der Waals surface area (Å²) in [6.45, 7) is 1.31. The first-order chi connectivity index (χ1) is 5.37. The van der Waals surface area contributed by atoms with Crippen molar-refractivity contribution in [3.8, 4) is 0 Å². The summed E-state index contributed by atoms with van der Waals surface area (Å²) in [5.74, 6) is 0. The molecule has 4 atom stereocenters. The number of aliphatic hydroxyl groups excluding tert-OH is 4. The molecule has 0 radical (unpaired) electrons. The zero-order valence-electron chi connectivity index (χ0n) is 6.57. The van der Waals surface area contributed by atoms with Crippen LogP contribution in [-0.2, 0) is 0 Å². The Kier molecular flexibility index (Phi) is 5.55. The Morgan fingerprint density at radius 1 is 0.833 bits per heavy atom. The molecule has 0 aromatic rings. The minimum absolute atomic E-state index is 0.756. The van der Waals surface area contributed by atoms with Crippen LogP contribution in [0.1, 0.15) is 6.92 Å². The van der Waals surface area contributed by atoms with Crippen LogP contribution in [0.5, 0.6) is 0 Å². The van der Waals surface area contributed by atoms with Crippen molar-refractivity contribution in [2.75, 3.05) is 0 Å². The van der Waals surface area contributed by atoms with Gasteiger partial charge in [0.2, 0.25) is 0 Å². The molecule has 74 valence electrons. The highest BCUT2D eigenvalue weighted by Gasteiger charge is 2.30. The molecular formula is C6H14O4S2. The third-order valence-corrected chi connectivity index (χ3v) is 2.11. The van der Waals surface area contributed by atoms with Crippen molar-refractivity contribution in [2.45, 2.75) is 35.9 Å². The van der Waals surface area contributed by atoms with Crippen LogP contribution in [0, 0.1) is 0 Å². The van der Waals surface area contributed by atoms with E-state index in [1.54, 1.807) is 0 Å². The van der Waals surface area contributed by atoms with E-state index in [0.717, 1.165) is 0 Å². The molecule has 0 aliphatic rings. The first kappa shape index (κ1) is 12.5. The van der Waals surface area contributed by atoms with Gasteiger partial charge in [0, 0.05) is 0 Å². The summed E-state index contributed by atoms with van der Waals surface area (Å²) in [7, 11) is 0. The lowest BCUT2D eigenvalue weighted by Crippen LogP contribution is -2.45. The predicted octanol–water partition coefficient (Wildman–Crippen LogP) is -1.36. The lowest BCUT2D eigenvalue weighted by molar-refractivity contribution is -0.0950. The van der Waals surface area contributed by atoms with Crippen LogP contribution in [0.2, 0.25) is 0 Å². The van der Waals surface area contributed by atoms with Crippen LogP contribution in [-0.4, -0.2) is 49.4 Å². The highest BCUT2D eigenvalue weighted by Crippen LogP contribution is 2.14. The SMILES string of the molecule is CC(O)C(O)C(O)C(O)C(S)S. The summed E-state index contributed by atoms with van der Waals surface area (Å²) in [5, 5.41) is 36.2. The number of hydrogen-bond acceptors (Lipinski definition) is 6. The van der Waals surface area contributed by atoms with Gasteiger partial charge in [-0.05, 0) is 6.92 Å². The molecule has 0 aliphatic carbocycles. The Morgan fingerprint density at radius 3 is 1.50 bits per heavy atom. The molecule has 12 heavy (non-hydrogen) atoms. The first-order valence-corrected chi connectivity index (χ1v) is 4.49. The van der Waals surface area contributed by atoms with Crippen LogP contribution in [0.3, 0.4) is 0 Å². The Hall–Kier alpha value is 0.540. The summed E-state index contributed by atoms with van der Waals surface area (Å²) < 4.78 is -0.756. The van der Waals surface area contributed by atoms with Crippen LogP contribution in [0.25, 0.3) is 0 Å². The third kappa shape index (κ3) is 3.51. The fourth-order valence-corrected chi connectivity index (χ4v) is 1.02. The van der Waals surface area contributed by atoms with E-state index in [1.807, 2.05) is 0 Å². The molecule has 4 N–H and O–H groups in total. The summed E-state index contributed by atoms with van der Waals surface area (Å²) in [6.07, 6.45) is -5.21. The van der Waals surface area contributed by atoms with Gasteiger partial charge in [-0.15, -0.1) is 0 Å². The minimum atomic E-state index is -1.44. The molecule has 0 fully saturated rings. The number of thiol groups is 2. The maximum absolute atomic E-state index is 9.17. The Balaban J connectivity index is 4.08. The van der Waals surface area contributed by atoms with Crippen LogP contribution in [0.15, 0.2) is 0 Å². The molecule has 0 bridgehead atoms. The first-order valence-electron chi connectivity index (χ1n) is 3.46. The van der Waals surface area contributed by atoms with Crippen molar-refractivity contribution in [1.82, 2.24) is 0 Å². The lowest BCUT2D eigenvalue weighted by Gasteiger charge is -2.26. The molecule has 0 aromatic heterocycles. The van der Waals surface area contributed by atoms with Gasteiger partial charge in [0.15, 0.2) is 0 Å². The summed E-state index contributed by atoms with van der Waals surface area (Å²) in [4.78, 5) is 0. The maximum Gasteiger partial charge on any atom is 0.110 e. The molecule has 0 spiro atoms. The quantitative estimate of drug-likeness (QED) is 0.258. The highest BCUT2D eigenvalue weighted by atomic mass is 32.2. The van der Waals surface area contributed by atoms with Crippen LogP contribution >= 0.6 is 25.3 Å². The normalized spacial score (nSPS) is 22.0. The van der Waals surface area contributed by atoms with Gasteiger partial charge >= 0.3 is 0 Å². The van der Waals surface area contributed by atoms with Crippen molar-refractivity contribution in [3.05, 3.63) is 0 Å². The molecule has 0 saturated carbocycles. The standard InChI is InChI=1S/C6H14O4S2/c1-2(7)3(8)4(9)5(10)6(11)12/h2-12H,1H3. The van der Waals surface area contributed by atoms with E-state index in [-0.39, 0.29) is 0 Å². The third-order valence-electron chi connectivity index (χ3n) is 1.50. The molecular weight excluding hydrogens is 200 g/mol. The number of aliphatic hydroxyl groups is 4. The lowest BCUT2D eigenvalue weighted by atomic mass is 10.1. The van der Waals surface area contributed by atoms with Gasteiger partial charge in [-0.2, -0.15) is 25.3 Å². The van der Waals surface area contributed by atoms with E-state index >= 15 is 0 Å². The molecule has 0 aliphatic heterocycles. The Morgan fingerprint density at radius 2 is 1.25 bits per heavy atom. The van der Waals surface area contributed by atoms with Gasteiger partial charge in [-0.3, -0.25) is 0 Å². The number of rotatable bonds is 4. The molecule has 0 amide bonds. The summed E-state index contributed by atoms with van der Waals surface area (Å²) >= 11 is 7.51. The molecule has 4 unspecified atom stereocenters. The predicted molar refractivity (Wildman–Crippen MR) is 51.5 cm³/mol. The Bertz CT molecular complexity index is 117.